The number of hydrogen-bond acceptors (Lipinski definition) is 15. The molecule has 0 rings (SSSR count). The maximum Gasteiger partial charge on any atom is 0.422 e. The maximum atomic E-state index is 13.2. The van der Waals surface area contributed by atoms with E-state index in [0.717, 1.165) is 0 Å². The fraction of sp³-hybridized carbons (Fsp3) is 0.794. The van der Waals surface area contributed by atoms with Crippen molar-refractivity contribution in [3.63, 3.8) is 0 Å². The van der Waals surface area contributed by atoms with Crippen LogP contribution in [0.25, 0.3) is 0 Å². The van der Waals surface area contributed by atoms with Crippen LogP contribution in [0, 0.1) is 23.7 Å². The topological polar surface area (TPSA) is 282 Å². The van der Waals surface area contributed by atoms with Crippen molar-refractivity contribution >= 4 is 41.6 Å². The summed E-state index contributed by atoms with van der Waals surface area (Å²) in [5.41, 5.74) is 30.0. The van der Waals surface area contributed by atoms with E-state index in [4.69, 9.17) is 9.47 Å². The van der Waals surface area contributed by atoms with E-state index in [1.165, 1.54) is 21.0 Å². The molecule has 0 aliphatic heterocycles. The molecule has 0 aromatic heterocycles. The Kier molecular flexibility index (Phi) is 23.2. The summed E-state index contributed by atoms with van der Waals surface area (Å²) >= 11 is 0. The van der Waals surface area contributed by atoms with Gasteiger partial charge in [-0.05, 0) is 71.1 Å². The number of hydrazine groups is 6. The monoisotopic (exact) mass is 789 g/mol. The third kappa shape index (κ3) is 21.5. The van der Waals surface area contributed by atoms with Crippen LogP contribution < -0.4 is 65.1 Å². The first-order valence-electron chi connectivity index (χ1n) is 18.5. The molecule has 0 aromatic rings. The van der Waals surface area contributed by atoms with Crippen molar-refractivity contribution in [1.82, 2.24) is 65.1 Å². The molecule has 12 N–H and O–H groups in total. The summed E-state index contributed by atoms with van der Waals surface area (Å²) < 4.78 is 9.94. The Morgan fingerprint density at radius 2 is 0.836 bits per heavy atom. The first-order valence-corrected chi connectivity index (χ1v) is 18.5. The summed E-state index contributed by atoms with van der Waals surface area (Å²) in [6, 6.07) is -5.38. The zero-order valence-corrected chi connectivity index (χ0v) is 34.9. The SMILES string of the molecule is COC(=O)[C@H](CC(C)C)NNC(=O)[C@H](C)NNC(=O)[C@@H](NNC(=O)[C@H](CC(C)C)NNC(=O)[C@H](C)NNC(=O)[C@@H](NNC(=O)OC(C)(C)C)C(C)C)C(C)C. The van der Waals surface area contributed by atoms with Gasteiger partial charge in [-0.1, -0.05) is 55.4 Å². The Labute approximate surface area is 325 Å². The molecule has 318 valence electrons. The van der Waals surface area contributed by atoms with Crippen LogP contribution in [0.4, 0.5) is 4.79 Å². The van der Waals surface area contributed by atoms with Gasteiger partial charge < -0.3 is 9.47 Å². The summed E-state index contributed by atoms with van der Waals surface area (Å²) in [5, 5.41) is 0. The highest BCUT2D eigenvalue weighted by Crippen LogP contribution is 2.08. The Bertz CT molecular complexity index is 1260. The number of carbonyl (C=O) groups is 7. The number of ether oxygens (including phenoxy) is 2. The molecule has 0 unspecified atom stereocenters. The Morgan fingerprint density at radius 1 is 0.473 bits per heavy atom. The molecular formula is C34H68N12O9. The van der Waals surface area contributed by atoms with Crippen molar-refractivity contribution in [1.29, 1.82) is 0 Å². The molecule has 21 heteroatoms. The largest absolute Gasteiger partial charge is 0.468 e. The van der Waals surface area contributed by atoms with Crippen LogP contribution in [-0.4, -0.2) is 90.6 Å². The molecule has 0 radical (unpaired) electrons. The van der Waals surface area contributed by atoms with Gasteiger partial charge in [0.2, 0.25) is 0 Å². The first-order chi connectivity index (χ1) is 25.4. The van der Waals surface area contributed by atoms with Crippen LogP contribution >= 0.6 is 0 Å². The van der Waals surface area contributed by atoms with Crippen molar-refractivity contribution in [2.75, 3.05) is 7.11 Å². The summed E-state index contributed by atoms with van der Waals surface area (Å²) in [4.78, 5) is 88.6. The molecule has 21 nitrogen and oxygen atoms in total. The van der Waals surface area contributed by atoms with Gasteiger partial charge in [-0.2, -0.15) is 0 Å². The highest BCUT2D eigenvalue weighted by atomic mass is 16.6. The second-order valence-corrected chi connectivity index (χ2v) is 15.7. The van der Waals surface area contributed by atoms with Crippen molar-refractivity contribution < 1.29 is 43.0 Å². The van der Waals surface area contributed by atoms with E-state index in [2.05, 4.69) is 65.1 Å². The van der Waals surface area contributed by atoms with E-state index in [9.17, 15) is 33.6 Å². The minimum absolute atomic E-state index is 0.0218. The fourth-order valence-electron chi connectivity index (χ4n) is 4.46. The number of hydrogen-bond donors (Lipinski definition) is 12. The quantitative estimate of drug-likeness (QED) is 0.0411. The van der Waals surface area contributed by atoms with Crippen molar-refractivity contribution in [2.45, 2.75) is 145 Å². The molecule has 0 aliphatic carbocycles. The molecule has 0 aliphatic rings. The van der Waals surface area contributed by atoms with E-state index in [-0.39, 0.29) is 23.7 Å². The lowest BCUT2D eigenvalue weighted by Crippen LogP contribution is -2.63. The highest BCUT2D eigenvalue weighted by Gasteiger charge is 2.29. The van der Waals surface area contributed by atoms with Crippen LogP contribution in [0.5, 0.6) is 0 Å². The Balaban J connectivity index is 5.16. The van der Waals surface area contributed by atoms with E-state index in [1.54, 1.807) is 48.5 Å². The molecule has 0 saturated heterocycles. The molecule has 6 amide bonds. The molecule has 0 saturated carbocycles. The predicted molar refractivity (Wildman–Crippen MR) is 204 cm³/mol. The van der Waals surface area contributed by atoms with E-state index < -0.39 is 83.5 Å². The number of amides is 6. The van der Waals surface area contributed by atoms with Crippen molar-refractivity contribution in [2.24, 2.45) is 23.7 Å². The highest BCUT2D eigenvalue weighted by molar-refractivity contribution is 5.87. The van der Waals surface area contributed by atoms with Gasteiger partial charge in [-0.25, -0.2) is 37.3 Å². The number of methoxy groups -OCH3 is 1. The zero-order valence-electron chi connectivity index (χ0n) is 34.9. The molecule has 0 aromatic carbocycles. The third-order valence-corrected chi connectivity index (χ3v) is 7.54. The normalized spacial score (nSPS) is 14.9. The Morgan fingerprint density at radius 3 is 1.22 bits per heavy atom. The van der Waals surface area contributed by atoms with Crippen LogP contribution in [-0.2, 0) is 38.2 Å². The zero-order chi connectivity index (χ0) is 42.6. The minimum atomic E-state index is -0.958. The average Bonchev–Trinajstić information content (AvgIpc) is 3.07. The lowest BCUT2D eigenvalue weighted by molar-refractivity contribution is -0.144. The van der Waals surface area contributed by atoms with Crippen molar-refractivity contribution in [3.05, 3.63) is 0 Å². The lowest BCUT2D eigenvalue weighted by Gasteiger charge is -2.26. The third-order valence-electron chi connectivity index (χ3n) is 7.54. The lowest BCUT2D eigenvalue weighted by atomic mass is 10.0. The summed E-state index contributed by atoms with van der Waals surface area (Å²) in [5.74, 6) is -3.79. The average molecular weight is 789 g/mol. The predicted octanol–water partition coefficient (Wildman–Crippen LogP) is -1.05. The van der Waals surface area contributed by atoms with E-state index in [0.29, 0.717) is 12.8 Å². The number of esters is 1. The molecule has 0 heterocycles. The van der Waals surface area contributed by atoms with Gasteiger partial charge in [-0.15, -0.1) is 0 Å². The second-order valence-electron chi connectivity index (χ2n) is 15.7. The van der Waals surface area contributed by atoms with Crippen molar-refractivity contribution in [3.8, 4) is 0 Å². The molecular weight excluding hydrogens is 720 g/mol. The number of rotatable bonds is 24. The number of carbonyl (C=O) groups excluding carboxylic acids is 7. The van der Waals surface area contributed by atoms with Gasteiger partial charge >= 0.3 is 12.1 Å². The van der Waals surface area contributed by atoms with E-state index in [1.807, 2.05) is 27.7 Å². The molecule has 0 spiro atoms. The van der Waals surface area contributed by atoms with Crippen LogP contribution in [0.3, 0.4) is 0 Å². The standard InChI is InChI=1S/C34H68N12O9/c1-17(2)15-23(37-41-27(47)21(9)35-45-31(51)26(20(7)8)40-46-33(53)55-34(11,12)13)29(49)43-39-25(19(5)6)30(50)44-36-22(10)28(48)42-38-24(16-18(3)4)32(52)54-14/h17-26,35-40H,15-16H2,1-14H3,(H,41,47)(H,42,48)(H,43,49)(H,44,50)(H,45,51)(H,46,53)/t21-,22-,23-,24-,25-,26-/m0/s1. The van der Waals surface area contributed by atoms with E-state index >= 15 is 0 Å². The summed E-state index contributed by atoms with van der Waals surface area (Å²) in [6.45, 7) is 22.7. The molecule has 55 heavy (non-hydrogen) atoms. The van der Waals surface area contributed by atoms with Crippen LogP contribution in [0.1, 0.15) is 103 Å². The minimum Gasteiger partial charge on any atom is -0.468 e. The fourth-order valence-corrected chi connectivity index (χ4v) is 4.46. The molecule has 0 bridgehead atoms. The van der Waals surface area contributed by atoms with Gasteiger partial charge in [-0.3, -0.25) is 61.3 Å². The smallest absolute Gasteiger partial charge is 0.422 e. The van der Waals surface area contributed by atoms with Gasteiger partial charge in [0, 0.05) is 0 Å². The summed E-state index contributed by atoms with van der Waals surface area (Å²) in [6.07, 6.45) is -0.0404. The van der Waals surface area contributed by atoms with Gasteiger partial charge in [0.1, 0.15) is 41.9 Å². The Hall–Kier alpha value is -4.15. The second kappa shape index (κ2) is 25.1. The summed E-state index contributed by atoms with van der Waals surface area (Å²) in [7, 11) is 1.25. The van der Waals surface area contributed by atoms with Crippen LogP contribution in [0.2, 0.25) is 0 Å². The maximum absolute atomic E-state index is 13.2. The first kappa shape index (κ1) is 50.9. The van der Waals surface area contributed by atoms with Gasteiger partial charge in [0.25, 0.3) is 29.5 Å². The molecule has 0 fully saturated rings. The number of nitrogens with one attached hydrogen (secondary N) is 12. The van der Waals surface area contributed by atoms with Crippen LogP contribution in [0.15, 0.2) is 0 Å². The van der Waals surface area contributed by atoms with Gasteiger partial charge in [0.05, 0.1) is 7.11 Å². The molecule has 6 atom stereocenters. The van der Waals surface area contributed by atoms with Gasteiger partial charge in [0.15, 0.2) is 0 Å².